The Morgan fingerprint density at radius 1 is 1.08 bits per heavy atom. The van der Waals surface area contributed by atoms with Crippen LogP contribution in [-0.4, -0.2) is 66.5 Å². The number of carbonyl (C=O) groups is 1. The number of nitrogens with zero attached hydrogens (tertiary/aromatic N) is 3. The van der Waals surface area contributed by atoms with Crippen molar-refractivity contribution < 1.29 is 62.6 Å². The molecule has 280 valence electrons. The van der Waals surface area contributed by atoms with Crippen LogP contribution in [0, 0.1) is 18.6 Å². The van der Waals surface area contributed by atoms with E-state index in [-0.39, 0.29) is 38.3 Å². The quantitative estimate of drug-likeness (QED) is 0.146. The highest BCUT2D eigenvalue weighted by molar-refractivity contribution is 8.02. The Labute approximate surface area is 337 Å². The van der Waals surface area contributed by atoms with Crippen molar-refractivity contribution >= 4 is 23.4 Å². The molecule has 0 aliphatic carbocycles. The standard InChI is InChI=1S/C41H42F5N3O3S/c1-27-6-15-36-34(22-27)37(50)23-39(53-26-31-4-3-5-35(42)40(31)43)49(36)25-38(51)48(33-16-18-47(19-17-33)20-21-52-2)24-28-7-9-29(10-8-28)30-11-13-32(14-12-30)41(44,45)46/h3-15,22-23,33,37,50H,16-21,24-26H2,1-2H3/i6D,15D,16D2,17D2,18D2,19D2,21D2,22D,23D,24D2,25D2,33D. The van der Waals surface area contributed by atoms with Gasteiger partial charge in [-0.15, -0.1) is 11.8 Å². The molecule has 2 aliphatic heterocycles. The van der Waals surface area contributed by atoms with Gasteiger partial charge in [-0.25, -0.2) is 8.78 Å². The second-order valence-electron chi connectivity index (χ2n) is 11.2. The van der Waals surface area contributed by atoms with E-state index in [1.807, 2.05) is 0 Å². The first-order valence-corrected chi connectivity index (χ1v) is 16.5. The van der Waals surface area contributed by atoms with Crippen LogP contribution in [0.5, 0.6) is 0 Å². The fourth-order valence-electron chi connectivity index (χ4n) is 4.95. The van der Waals surface area contributed by atoms with Gasteiger partial charge in [-0.2, -0.15) is 13.2 Å². The molecule has 4 aromatic rings. The van der Waals surface area contributed by atoms with E-state index >= 15 is 9.18 Å². The molecule has 0 saturated carbocycles. The second-order valence-corrected chi connectivity index (χ2v) is 12.2. The van der Waals surface area contributed by atoms with Gasteiger partial charge in [0.25, 0.3) is 0 Å². The molecule has 0 bridgehead atoms. The third-order valence-electron chi connectivity index (χ3n) is 7.59. The molecule has 6 rings (SSSR count). The molecule has 1 unspecified atom stereocenters. The van der Waals surface area contributed by atoms with Crippen molar-refractivity contribution in [1.82, 2.24) is 9.80 Å². The van der Waals surface area contributed by atoms with Crippen LogP contribution >= 0.6 is 11.8 Å². The average Bonchev–Trinajstić information content (AvgIpc) is 3.29. The summed E-state index contributed by atoms with van der Waals surface area (Å²) in [5.74, 6) is -6.21. The maximum absolute atomic E-state index is 15.8. The molecule has 1 fully saturated rings. The summed E-state index contributed by atoms with van der Waals surface area (Å²) in [4.78, 5) is 14.7. The van der Waals surface area contributed by atoms with Gasteiger partial charge in [0.2, 0.25) is 5.91 Å². The van der Waals surface area contributed by atoms with Crippen molar-refractivity contribution in [3.63, 3.8) is 0 Å². The SMILES string of the molecule is [2H]C1=C(SCc2cccc(F)c2F)N(C([2H])([2H])C(=O)N(C([2H])([2H])c2ccc(-c3ccc(C(F)(F)F)cc3)cc2)C2([2H])C([2H])([2H])C([2H])([2H])N(CC([2H])([2H])OC)C([2H])([2H])C2([2H])[2H])c2c([2H])c([2H])c(C)c([2H])c2C1O. The third kappa shape index (κ3) is 9.29. The number of piperidine rings is 1. The number of methoxy groups -OCH3 is 1. The lowest BCUT2D eigenvalue weighted by Gasteiger charge is -2.40. The van der Waals surface area contributed by atoms with Gasteiger partial charge in [-0.05, 0) is 66.7 Å². The number of hydrogen-bond donors (Lipinski definition) is 1. The molecule has 0 aromatic heterocycles. The topological polar surface area (TPSA) is 56.3 Å². The maximum Gasteiger partial charge on any atom is 0.416 e. The third-order valence-corrected chi connectivity index (χ3v) is 8.62. The molecule has 12 heteroatoms. The van der Waals surface area contributed by atoms with E-state index in [1.165, 1.54) is 0 Å². The number of benzene rings is 4. The summed E-state index contributed by atoms with van der Waals surface area (Å²) in [7, 11) is 0.750. The zero-order valence-electron chi connectivity index (χ0n) is 46.7. The number of halogens is 5. The van der Waals surface area contributed by atoms with Crippen molar-refractivity contribution in [1.29, 1.82) is 0 Å². The van der Waals surface area contributed by atoms with Crippen molar-refractivity contribution in [3.8, 4) is 11.1 Å². The molecular weight excluding hydrogens is 710 g/mol. The van der Waals surface area contributed by atoms with E-state index in [0.717, 1.165) is 80.8 Å². The molecule has 53 heavy (non-hydrogen) atoms. The summed E-state index contributed by atoms with van der Waals surface area (Å²) in [6.07, 6.45) is -16.1. The lowest BCUT2D eigenvalue weighted by Crippen LogP contribution is -2.50. The summed E-state index contributed by atoms with van der Waals surface area (Å²) in [6.45, 7) is -20.4. The minimum Gasteiger partial charge on any atom is -0.384 e. The van der Waals surface area contributed by atoms with E-state index in [1.54, 1.807) is 0 Å². The molecule has 1 saturated heterocycles. The van der Waals surface area contributed by atoms with Gasteiger partial charge in [0, 0.05) is 72.7 Å². The Hall–Kier alpha value is -4.23. The lowest BCUT2D eigenvalue weighted by molar-refractivity contribution is -0.137. The monoisotopic (exact) mass is 770 g/mol. The Balaban J connectivity index is 1.67. The Bertz CT molecular complexity index is 2790. The Morgan fingerprint density at radius 3 is 2.42 bits per heavy atom. The van der Waals surface area contributed by atoms with E-state index in [0.29, 0.717) is 0 Å². The van der Waals surface area contributed by atoms with Crippen LogP contribution in [0.25, 0.3) is 11.1 Å². The minimum absolute atomic E-state index is 0.0519. The number of fused-ring (bicyclic) bond motifs is 1. The fraction of sp³-hybridized carbons (Fsp3) is 0.341. The highest BCUT2D eigenvalue weighted by Gasteiger charge is 2.33. The van der Waals surface area contributed by atoms with Crippen LogP contribution < -0.4 is 4.90 Å². The molecule has 1 amide bonds. The van der Waals surface area contributed by atoms with Crippen molar-refractivity contribution in [2.45, 2.75) is 50.2 Å². The highest BCUT2D eigenvalue weighted by Crippen LogP contribution is 2.41. The number of ether oxygens (including phenoxy) is 1. The smallest absolute Gasteiger partial charge is 0.384 e. The van der Waals surface area contributed by atoms with Crippen molar-refractivity contribution in [3.05, 3.63) is 135 Å². The number of rotatable bonds is 12. The van der Waals surface area contributed by atoms with Crippen LogP contribution in [0.2, 0.25) is 0 Å². The predicted molar refractivity (Wildman–Crippen MR) is 198 cm³/mol. The zero-order chi connectivity index (χ0) is 54.7. The van der Waals surface area contributed by atoms with E-state index in [2.05, 4.69) is 4.74 Å². The molecular formula is C41H42F5N3O3S. The van der Waals surface area contributed by atoms with E-state index in [4.69, 9.17) is 13.7 Å². The first-order chi connectivity index (χ1) is 32.7. The summed E-state index contributed by atoms with van der Waals surface area (Å²) < 4.78 is 247. The molecule has 4 aromatic carbocycles. The largest absolute Gasteiger partial charge is 0.416 e. The van der Waals surface area contributed by atoms with E-state index < -0.39 is 155 Å². The van der Waals surface area contributed by atoms with Gasteiger partial charge in [-0.3, -0.25) is 4.79 Å². The van der Waals surface area contributed by atoms with Gasteiger partial charge in [0.05, 0.1) is 32.2 Å². The van der Waals surface area contributed by atoms with Gasteiger partial charge in [0.15, 0.2) is 11.6 Å². The number of anilines is 1. The van der Waals surface area contributed by atoms with Crippen LogP contribution in [0.3, 0.4) is 0 Å². The highest BCUT2D eigenvalue weighted by atomic mass is 32.2. The van der Waals surface area contributed by atoms with Crippen LogP contribution in [-0.2, 0) is 28.0 Å². The predicted octanol–water partition coefficient (Wildman–Crippen LogP) is 8.73. The fourth-order valence-corrected chi connectivity index (χ4v) is 5.93. The maximum atomic E-state index is 15.8. The number of hydrogen-bond acceptors (Lipinski definition) is 6. The normalized spacial score (nSPS) is 27.4. The molecule has 0 spiro atoms. The Morgan fingerprint density at radius 2 is 1.75 bits per heavy atom. The minimum atomic E-state index is -4.74. The lowest BCUT2D eigenvalue weighted by atomic mass is 9.99. The molecule has 1 atom stereocenters. The molecule has 2 aliphatic rings. The number of aliphatic hydroxyl groups is 1. The zero-order valence-corrected chi connectivity index (χ0v) is 28.6. The van der Waals surface area contributed by atoms with Gasteiger partial charge in [-0.1, -0.05) is 66.2 Å². The number of carbonyl (C=O) groups excluding carboxylic acids is 1. The second kappa shape index (κ2) is 16.8. The molecule has 6 nitrogen and oxygen atoms in total. The number of thioether (sulfide) groups is 1. The molecule has 2 heterocycles. The summed E-state index contributed by atoms with van der Waals surface area (Å²) in [5, 5.41) is 10.6. The number of likely N-dealkylation sites (tertiary alicyclic amines) is 1. The van der Waals surface area contributed by atoms with Gasteiger partial charge in [0.1, 0.15) is 12.6 Å². The van der Waals surface area contributed by atoms with Gasteiger partial charge >= 0.3 is 6.18 Å². The van der Waals surface area contributed by atoms with E-state index in [9.17, 15) is 35.0 Å². The number of amides is 1. The van der Waals surface area contributed by atoms with Crippen molar-refractivity contribution in [2.24, 2.45) is 0 Å². The number of aliphatic hydroxyl groups excluding tert-OH is 1. The van der Waals surface area contributed by atoms with Crippen molar-refractivity contribution in [2.75, 3.05) is 44.6 Å². The van der Waals surface area contributed by atoms with Crippen LogP contribution in [0.15, 0.2) is 95.9 Å². The molecule has 1 N–H and O–H groups in total. The Kier molecular flexibility index (Phi) is 6.68. The number of alkyl halides is 3. The van der Waals surface area contributed by atoms with Crippen LogP contribution in [0.1, 0.15) is 72.7 Å². The summed E-state index contributed by atoms with van der Waals surface area (Å²) >= 11 is 0.194. The molecule has 0 radical (unpaired) electrons. The summed E-state index contributed by atoms with van der Waals surface area (Å²) in [6, 6.07) is 1.48. The summed E-state index contributed by atoms with van der Waals surface area (Å²) in [5.41, 5.74) is -4.48. The van der Waals surface area contributed by atoms with Gasteiger partial charge < -0.3 is 24.5 Å². The first kappa shape index (κ1) is 21.0. The van der Waals surface area contributed by atoms with Crippen LogP contribution in [0.4, 0.5) is 27.6 Å². The average molecular weight is 771 g/mol. The first-order valence-electron chi connectivity index (χ1n) is 25.0.